The number of ether oxygens (including phenoxy) is 3. The van der Waals surface area contributed by atoms with Crippen molar-refractivity contribution in [2.45, 2.75) is 59.1 Å². The Kier molecular flexibility index (Phi) is 11.1. The average Bonchev–Trinajstić information content (AvgIpc) is 3.32. The van der Waals surface area contributed by atoms with Crippen LogP contribution >= 0.6 is 27.3 Å². The molecule has 3 aromatic rings. The second-order valence-corrected chi connectivity index (χ2v) is 13.6. The lowest BCUT2D eigenvalue weighted by atomic mass is 9.89. The molecule has 4 rings (SSSR count). The molecule has 44 heavy (non-hydrogen) atoms. The fourth-order valence-corrected chi connectivity index (χ4v) is 7.01. The predicted octanol–water partition coefficient (Wildman–Crippen LogP) is 6.72. The standard InChI is InChI=1S/C33H40BrN3O6S/c1-19-9-7-12-24(20(19)2)37-31(39)27(21-13-15-35-16-14-21)36-23-11-8-10-22(17-23)29-26(34)28(30(44-29)32(40)41-6)42-18-25(38)43-33(3,4)5/h7-12,17,21,27,35-36H,13-16,18H2,1-6H3,(H,37,39). The van der Waals surface area contributed by atoms with Crippen molar-refractivity contribution < 1.29 is 28.6 Å². The Hall–Kier alpha value is -3.41. The number of methoxy groups -OCH3 is 1. The van der Waals surface area contributed by atoms with Gasteiger partial charge in [0.1, 0.15) is 11.6 Å². The van der Waals surface area contributed by atoms with Crippen LogP contribution < -0.4 is 20.7 Å². The number of hydrogen-bond acceptors (Lipinski definition) is 9. The van der Waals surface area contributed by atoms with Crippen molar-refractivity contribution in [1.82, 2.24) is 5.32 Å². The lowest BCUT2D eigenvalue weighted by Crippen LogP contribution is -2.45. The average molecular weight is 687 g/mol. The molecule has 1 aliphatic rings. The van der Waals surface area contributed by atoms with Crippen LogP contribution in [0.15, 0.2) is 46.9 Å². The minimum atomic E-state index is -0.669. The molecule has 2 heterocycles. The number of benzene rings is 2. The second kappa shape index (κ2) is 14.6. The van der Waals surface area contributed by atoms with E-state index in [0.29, 0.717) is 9.35 Å². The molecule has 0 bridgehead atoms. The first-order valence-electron chi connectivity index (χ1n) is 14.6. The van der Waals surface area contributed by atoms with Crippen molar-refractivity contribution in [2.75, 3.05) is 37.4 Å². The lowest BCUT2D eigenvalue weighted by Gasteiger charge is -2.31. The molecule has 1 fully saturated rings. The lowest BCUT2D eigenvalue weighted by molar-refractivity contribution is -0.157. The summed E-state index contributed by atoms with van der Waals surface area (Å²) in [5.74, 6) is -0.871. The topological polar surface area (TPSA) is 115 Å². The minimum Gasteiger partial charge on any atom is -0.479 e. The summed E-state index contributed by atoms with van der Waals surface area (Å²) in [4.78, 5) is 39.7. The van der Waals surface area contributed by atoms with Crippen molar-refractivity contribution >= 4 is 56.5 Å². The molecule has 1 aromatic heterocycles. The molecular weight excluding hydrogens is 646 g/mol. The number of piperidine rings is 1. The van der Waals surface area contributed by atoms with Crippen LogP contribution in [0.1, 0.15) is 54.4 Å². The Labute approximate surface area is 271 Å². The second-order valence-electron chi connectivity index (χ2n) is 11.8. The third kappa shape index (κ3) is 8.40. The van der Waals surface area contributed by atoms with E-state index in [0.717, 1.165) is 54.0 Å². The third-order valence-electron chi connectivity index (χ3n) is 7.38. The number of nitrogens with one attached hydrogen (secondary N) is 3. The van der Waals surface area contributed by atoms with E-state index in [1.165, 1.54) is 18.4 Å². The van der Waals surface area contributed by atoms with Crippen molar-refractivity contribution in [3.63, 3.8) is 0 Å². The monoisotopic (exact) mass is 685 g/mol. The Bertz CT molecular complexity index is 1510. The predicted molar refractivity (Wildman–Crippen MR) is 178 cm³/mol. The molecule has 1 aliphatic heterocycles. The summed E-state index contributed by atoms with van der Waals surface area (Å²) in [5, 5.41) is 10.1. The Morgan fingerprint density at radius 1 is 1.09 bits per heavy atom. The van der Waals surface area contributed by atoms with Crippen LogP contribution in [-0.4, -0.2) is 56.3 Å². The summed E-state index contributed by atoms with van der Waals surface area (Å²) in [7, 11) is 1.29. The Balaban J connectivity index is 1.61. The SMILES string of the molecule is COC(=O)c1sc(-c2cccc(NC(C(=O)Nc3cccc(C)c3C)C3CCNCC3)c2)c(Br)c1OCC(=O)OC(C)(C)C. The highest BCUT2D eigenvalue weighted by Crippen LogP contribution is 2.46. The van der Waals surface area contributed by atoms with Gasteiger partial charge < -0.3 is 30.2 Å². The van der Waals surface area contributed by atoms with E-state index in [4.69, 9.17) is 14.2 Å². The number of rotatable bonds is 10. The largest absolute Gasteiger partial charge is 0.479 e. The van der Waals surface area contributed by atoms with Gasteiger partial charge in [-0.05, 0) is 117 Å². The minimum absolute atomic E-state index is 0.0842. The van der Waals surface area contributed by atoms with Gasteiger partial charge in [0.2, 0.25) is 5.91 Å². The summed E-state index contributed by atoms with van der Waals surface area (Å²) in [6.45, 7) is 10.7. The van der Waals surface area contributed by atoms with Crippen LogP contribution in [0.3, 0.4) is 0 Å². The van der Waals surface area contributed by atoms with E-state index in [9.17, 15) is 14.4 Å². The number of carbonyl (C=O) groups is 3. The Morgan fingerprint density at radius 3 is 2.48 bits per heavy atom. The van der Waals surface area contributed by atoms with E-state index >= 15 is 0 Å². The molecule has 9 nitrogen and oxygen atoms in total. The van der Waals surface area contributed by atoms with E-state index in [2.05, 4.69) is 31.9 Å². The van der Waals surface area contributed by atoms with Gasteiger partial charge in [0.25, 0.3) is 0 Å². The highest BCUT2D eigenvalue weighted by Gasteiger charge is 2.31. The molecule has 11 heteroatoms. The fourth-order valence-electron chi connectivity index (χ4n) is 5.04. The summed E-state index contributed by atoms with van der Waals surface area (Å²) < 4.78 is 16.7. The third-order valence-corrected chi connectivity index (χ3v) is 9.60. The van der Waals surface area contributed by atoms with Crippen LogP contribution in [0.4, 0.5) is 11.4 Å². The van der Waals surface area contributed by atoms with Crippen LogP contribution in [0.25, 0.3) is 10.4 Å². The van der Waals surface area contributed by atoms with E-state index in [1.807, 2.05) is 56.3 Å². The Morgan fingerprint density at radius 2 is 1.80 bits per heavy atom. The first-order valence-corrected chi connectivity index (χ1v) is 16.2. The van der Waals surface area contributed by atoms with Gasteiger partial charge >= 0.3 is 11.9 Å². The smallest absolute Gasteiger partial charge is 0.351 e. The highest BCUT2D eigenvalue weighted by molar-refractivity contribution is 9.10. The molecule has 0 radical (unpaired) electrons. The molecule has 1 saturated heterocycles. The molecule has 1 amide bonds. The number of aryl methyl sites for hydroxylation is 1. The first kappa shape index (κ1) is 33.5. The molecule has 3 N–H and O–H groups in total. The van der Waals surface area contributed by atoms with Crippen molar-refractivity contribution in [1.29, 1.82) is 0 Å². The summed E-state index contributed by atoms with van der Waals surface area (Å²) in [6, 6.07) is 13.1. The van der Waals surface area contributed by atoms with Gasteiger partial charge in [-0.3, -0.25) is 4.79 Å². The maximum atomic E-state index is 13.8. The van der Waals surface area contributed by atoms with Crippen molar-refractivity contribution in [3.8, 4) is 16.2 Å². The van der Waals surface area contributed by atoms with E-state index in [-0.39, 0.29) is 29.1 Å². The molecule has 2 aromatic carbocycles. The van der Waals surface area contributed by atoms with Gasteiger partial charge in [-0.1, -0.05) is 24.3 Å². The summed E-state index contributed by atoms with van der Waals surface area (Å²) >= 11 is 4.78. The molecule has 1 unspecified atom stereocenters. The molecule has 236 valence electrons. The van der Waals surface area contributed by atoms with E-state index < -0.39 is 23.6 Å². The maximum Gasteiger partial charge on any atom is 0.351 e. The van der Waals surface area contributed by atoms with Gasteiger partial charge in [-0.15, -0.1) is 11.3 Å². The van der Waals surface area contributed by atoms with Gasteiger partial charge in [0.05, 0.1) is 16.5 Å². The summed E-state index contributed by atoms with van der Waals surface area (Å²) in [5.41, 5.74) is 3.85. The summed E-state index contributed by atoms with van der Waals surface area (Å²) in [6.07, 6.45) is 1.74. The van der Waals surface area contributed by atoms with Gasteiger partial charge in [0.15, 0.2) is 17.2 Å². The maximum absolute atomic E-state index is 13.8. The van der Waals surface area contributed by atoms with Crippen molar-refractivity contribution in [3.05, 3.63) is 62.9 Å². The van der Waals surface area contributed by atoms with E-state index in [1.54, 1.807) is 20.8 Å². The van der Waals surface area contributed by atoms with Crippen LogP contribution in [0, 0.1) is 19.8 Å². The number of halogens is 1. The zero-order chi connectivity index (χ0) is 32.0. The number of hydrogen-bond donors (Lipinski definition) is 3. The van der Waals surface area contributed by atoms with Gasteiger partial charge in [-0.2, -0.15) is 0 Å². The number of anilines is 2. The number of thiophene rings is 1. The van der Waals surface area contributed by atoms with Crippen LogP contribution in [-0.2, 0) is 19.1 Å². The zero-order valence-electron chi connectivity index (χ0n) is 26.0. The van der Waals surface area contributed by atoms with Crippen LogP contribution in [0.5, 0.6) is 5.75 Å². The number of esters is 2. The zero-order valence-corrected chi connectivity index (χ0v) is 28.4. The fraction of sp³-hybridized carbons (Fsp3) is 0.424. The normalized spacial score (nSPS) is 14.4. The quantitative estimate of drug-likeness (QED) is 0.202. The van der Waals surface area contributed by atoms with Crippen LogP contribution in [0.2, 0.25) is 0 Å². The molecule has 0 spiro atoms. The highest BCUT2D eigenvalue weighted by atomic mass is 79.9. The molecule has 0 saturated carbocycles. The van der Waals surface area contributed by atoms with Crippen molar-refractivity contribution in [2.24, 2.45) is 5.92 Å². The molecule has 1 atom stereocenters. The molecule has 0 aliphatic carbocycles. The first-order chi connectivity index (χ1) is 20.9. The molecular formula is C33H40BrN3O6S. The van der Waals surface area contributed by atoms with Gasteiger partial charge in [-0.25, -0.2) is 9.59 Å². The number of carbonyl (C=O) groups excluding carboxylic acids is 3. The number of amides is 1. The van der Waals surface area contributed by atoms with Gasteiger partial charge in [0, 0.05) is 11.4 Å².